The minimum Gasteiger partial charge on any atom is -0.493 e. The fraction of sp³-hybridized carbons (Fsp3) is 0.440. The summed E-state index contributed by atoms with van der Waals surface area (Å²) in [6.07, 6.45) is 5.20. The van der Waals surface area contributed by atoms with Gasteiger partial charge in [-0.3, -0.25) is 9.59 Å². The Labute approximate surface area is 193 Å². The van der Waals surface area contributed by atoms with E-state index in [9.17, 15) is 9.59 Å². The van der Waals surface area contributed by atoms with E-state index >= 15 is 0 Å². The summed E-state index contributed by atoms with van der Waals surface area (Å²) in [6.45, 7) is 1.52. The number of hydrogen-bond acceptors (Lipinski definition) is 5. The van der Waals surface area contributed by atoms with Crippen molar-refractivity contribution >= 4 is 23.6 Å². The Morgan fingerprint density at radius 2 is 1.62 bits per heavy atom. The van der Waals surface area contributed by atoms with Crippen molar-refractivity contribution in [3.8, 4) is 11.5 Å². The molecular weight excluding hydrogens is 424 g/mol. The highest BCUT2D eigenvalue weighted by Crippen LogP contribution is 2.46. The number of methoxy groups -OCH3 is 2. The molecule has 2 aromatic carbocycles. The van der Waals surface area contributed by atoms with E-state index in [-0.39, 0.29) is 11.8 Å². The Kier molecular flexibility index (Phi) is 6.65. The van der Waals surface area contributed by atoms with Gasteiger partial charge in [0.15, 0.2) is 11.5 Å². The summed E-state index contributed by atoms with van der Waals surface area (Å²) in [5.41, 5.74) is 2.16. The number of carbonyl (C=O) groups excluding carboxylic acids is 2. The van der Waals surface area contributed by atoms with Gasteiger partial charge in [0.2, 0.25) is 5.91 Å². The first kappa shape index (κ1) is 22.5. The lowest BCUT2D eigenvalue weighted by atomic mass is 9.78. The summed E-state index contributed by atoms with van der Waals surface area (Å²) in [4.78, 5) is 32.2. The van der Waals surface area contributed by atoms with E-state index in [0.717, 1.165) is 42.8 Å². The second-order valence-electron chi connectivity index (χ2n) is 8.29. The highest BCUT2D eigenvalue weighted by atomic mass is 32.2. The van der Waals surface area contributed by atoms with Gasteiger partial charge >= 0.3 is 0 Å². The zero-order valence-corrected chi connectivity index (χ0v) is 19.9. The first-order valence-electron chi connectivity index (χ1n) is 11.0. The van der Waals surface area contributed by atoms with Crippen LogP contribution in [0.2, 0.25) is 0 Å². The monoisotopic (exact) mass is 454 g/mol. The van der Waals surface area contributed by atoms with Crippen molar-refractivity contribution in [2.24, 2.45) is 0 Å². The van der Waals surface area contributed by atoms with Gasteiger partial charge in [-0.05, 0) is 60.9 Å². The number of likely N-dealkylation sites (tertiary alicyclic amines) is 1. The number of ether oxygens (including phenoxy) is 2. The van der Waals surface area contributed by atoms with Gasteiger partial charge in [0.25, 0.3) is 5.91 Å². The first-order valence-corrected chi connectivity index (χ1v) is 12.2. The Morgan fingerprint density at radius 1 is 1.00 bits per heavy atom. The summed E-state index contributed by atoms with van der Waals surface area (Å²) in [5.74, 6) is 0.446. The van der Waals surface area contributed by atoms with Crippen LogP contribution in [0.4, 0.5) is 0 Å². The molecular formula is C25H30N2O4S. The molecule has 2 aliphatic rings. The van der Waals surface area contributed by atoms with E-state index in [1.807, 2.05) is 41.5 Å². The van der Waals surface area contributed by atoms with Crippen LogP contribution in [0, 0.1) is 0 Å². The van der Waals surface area contributed by atoms with Crippen molar-refractivity contribution in [1.82, 2.24) is 9.80 Å². The van der Waals surface area contributed by atoms with Crippen molar-refractivity contribution in [3.63, 3.8) is 0 Å². The van der Waals surface area contributed by atoms with Crippen LogP contribution in [0.15, 0.2) is 41.3 Å². The molecule has 0 spiro atoms. The smallest absolute Gasteiger partial charge is 0.254 e. The van der Waals surface area contributed by atoms with Crippen molar-refractivity contribution in [1.29, 1.82) is 0 Å². The van der Waals surface area contributed by atoms with Crippen LogP contribution in [-0.4, -0.2) is 62.2 Å². The maximum Gasteiger partial charge on any atom is 0.254 e. The van der Waals surface area contributed by atoms with Gasteiger partial charge in [-0.2, -0.15) is 0 Å². The Hall–Kier alpha value is -2.67. The number of hydrogen-bond donors (Lipinski definition) is 0. The van der Waals surface area contributed by atoms with Gasteiger partial charge in [0.05, 0.1) is 26.2 Å². The van der Waals surface area contributed by atoms with Crippen molar-refractivity contribution in [2.75, 3.05) is 40.6 Å². The summed E-state index contributed by atoms with van der Waals surface area (Å²) < 4.78 is 11.0. The molecule has 4 rings (SSSR count). The lowest BCUT2D eigenvalue weighted by Gasteiger charge is -2.42. The van der Waals surface area contributed by atoms with Crippen LogP contribution < -0.4 is 9.47 Å². The number of amides is 2. The van der Waals surface area contributed by atoms with E-state index in [1.165, 1.54) is 0 Å². The SMILES string of the molecule is COc1cc2c(cc1OC)[C@@H](C(=O)N1CCCCC1)[C@H](c1ccc(SC)cc1)N(C)C2=O. The predicted octanol–water partition coefficient (Wildman–Crippen LogP) is 4.35. The standard InChI is InChI=1S/C25H30N2O4S/c1-26-23(16-8-10-17(32-4)11-9-16)22(25(29)27-12-6-5-7-13-27)18-14-20(30-2)21(31-3)15-19(18)24(26)28/h8-11,14-15,22-23H,5-7,12-13H2,1-4H3/t22-,23+/m1/s1. The molecule has 0 unspecified atom stereocenters. The number of piperidine rings is 1. The molecule has 2 aromatic rings. The quantitative estimate of drug-likeness (QED) is 0.629. The molecule has 0 aromatic heterocycles. The summed E-state index contributed by atoms with van der Waals surface area (Å²) in [6, 6.07) is 11.3. The molecule has 0 N–H and O–H groups in total. The zero-order valence-electron chi connectivity index (χ0n) is 19.1. The lowest BCUT2D eigenvalue weighted by molar-refractivity contribution is -0.135. The highest BCUT2D eigenvalue weighted by Gasteiger charge is 2.45. The van der Waals surface area contributed by atoms with Gasteiger partial charge < -0.3 is 19.3 Å². The largest absolute Gasteiger partial charge is 0.493 e. The highest BCUT2D eigenvalue weighted by molar-refractivity contribution is 7.98. The van der Waals surface area contributed by atoms with E-state index in [4.69, 9.17) is 9.47 Å². The molecule has 2 heterocycles. The van der Waals surface area contributed by atoms with Gasteiger partial charge in [-0.1, -0.05) is 12.1 Å². The van der Waals surface area contributed by atoms with Gasteiger partial charge in [-0.15, -0.1) is 11.8 Å². The van der Waals surface area contributed by atoms with Gasteiger partial charge in [0, 0.05) is 30.6 Å². The van der Waals surface area contributed by atoms with Crippen LogP contribution >= 0.6 is 11.8 Å². The molecule has 1 fully saturated rings. The number of likely N-dealkylation sites (N-methyl/N-ethyl adjacent to an activating group) is 1. The second kappa shape index (κ2) is 9.45. The third-order valence-electron chi connectivity index (χ3n) is 6.57. The molecule has 2 aliphatic heterocycles. The summed E-state index contributed by atoms with van der Waals surface area (Å²) in [5, 5.41) is 0. The fourth-order valence-electron chi connectivity index (χ4n) is 4.84. The third-order valence-corrected chi connectivity index (χ3v) is 7.31. The Morgan fingerprint density at radius 3 is 2.22 bits per heavy atom. The normalized spacial score (nSPS) is 20.7. The van der Waals surface area contributed by atoms with Crippen LogP contribution in [0.3, 0.4) is 0 Å². The molecule has 7 heteroatoms. The summed E-state index contributed by atoms with van der Waals surface area (Å²) >= 11 is 1.67. The molecule has 0 saturated carbocycles. The third kappa shape index (κ3) is 3.94. The number of fused-ring (bicyclic) bond motifs is 1. The molecule has 0 aliphatic carbocycles. The molecule has 170 valence electrons. The average Bonchev–Trinajstić information content (AvgIpc) is 2.85. The molecule has 0 radical (unpaired) electrons. The average molecular weight is 455 g/mol. The van der Waals surface area contributed by atoms with Crippen molar-refractivity contribution in [3.05, 3.63) is 53.1 Å². The molecule has 2 atom stereocenters. The maximum atomic E-state index is 13.9. The van der Waals surface area contributed by atoms with E-state index in [1.54, 1.807) is 44.0 Å². The number of benzene rings is 2. The van der Waals surface area contributed by atoms with Gasteiger partial charge in [0.1, 0.15) is 0 Å². The number of carbonyl (C=O) groups is 2. The van der Waals surface area contributed by atoms with E-state index < -0.39 is 12.0 Å². The van der Waals surface area contributed by atoms with E-state index in [0.29, 0.717) is 22.6 Å². The minimum atomic E-state index is -0.509. The Bertz CT molecular complexity index is 1000. The number of thioether (sulfide) groups is 1. The predicted molar refractivity (Wildman–Crippen MR) is 126 cm³/mol. The van der Waals surface area contributed by atoms with E-state index in [2.05, 4.69) is 0 Å². The molecule has 1 saturated heterocycles. The first-order chi connectivity index (χ1) is 15.5. The molecule has 0 bridgehead atoms. The molecule has 32 heavy (non-hydrogen) atoms. The lowest BCUT2D eigenvalue weighted by Crippen LogP contribution is -2.48. The van der Waals surface area contributed by atoms with Crippen LogP contribution in [-0.2, 0) is 4.79 Å². The van der Waals surface area contributed by atoms with Crippen LogP contribution in [0.25, 0.3) is 0 Å². The van der Waals surface area contributed by atoms with Crippen molar-refractivity contribution < 1.29 is 19.1 Å². The molecule has 2 amide bonds. The fourth-order valence-corrected chi connectivity index (χ4v) is 5.25. The van der Waals surface area contributed by atoms with Crippen LogP contribution in [0.1, 0.15) is 52.7 Å². The topological polar surface area (TPSA) is 59.1 Å². The van der Waals surface area contributed by atoms with Gasteiger partial charge in [-0.25, -0.2) is 0 Å². The van der Waals surface area contributed by atoms with Crippen molar-refractivity contribution in [2.45, 2.75) is 36.1 Å². The molecule has 6 nitrogen and oxygen atoms in total. The van der Waals surface area contributed by atoms with Crippen LogP contribution in [0.5, 0.6) is 11.5 Å². The Balaban J connectivity index is 1.88. The number of rotatable bonds is 5. The number of nitrogens with zero attached hydrogens (tertiary/aromatic N) is 2. The maximum absolute atomic E-state index is 13.9. The zero-order chi connectivity index (χ0) is 22.8. The minimum absolute atomic E-state index is 0.0662. The summed E-state index contributed by atoms with van der Waals surface area (Å²) in [7, 11) is 4.90. The second-order valence-corrected chi connectivity index (χ2v) is 9.17.